The van der Waals surface area contributed by atoms with E-state index < -0.39 is 0 Å². The minimum absolute atomic E-state index is 1.15. The zero-order valence-corrected chi connectivity index (χ0v) is 6.60. The highest BCUT2D eigenvalue weighted by Gasteiger charge is 1.84. The average molecular weight is 207 g/mol. The van der Waals surface area contributed by atoms with Crippen molar-refractivity contribution in [2.24, 2.45) is 0 Å². The molecule has 2 radical (unpaired) electrons. The highest BCUT2D eigenvalue weighted by molar-refractivity contribution is 14.1. The smallest absolute Gasteiger partial charge is 0.280 e. The van der Waals surface area contributed by atoms with Gasteiger partial charge in [0, 0.05) is 0 Å². The molecule has 0 aliphatic rings. The van der Waals surface area contributed by atoms with Gasteiger partial charge in [0.15, 0.2) is 7.41 Å². The Morgan fingerprint density at radius 1 is 1.71 bits per heavy atom. The third-order valence-corrected chi connectivity index (χ3v) is 0.973. The summed E-state index contributed by atoms with van der Waals surface area (Å²) in [6.45, 7) is 2.16. The Balaban J connectivity index is 2.45. The first kappa shape index (κ1) is 7.82. The third-order valence-electron chi connectivity index (χ3n) is 0.614. The van der Waals surface area contributed by atoms with Crippen LogP contribution in [0.3, 0.4) is 0 Å². The standard InChI is InChI=1S/C3H8B2IN/c1-2-3-4-7-5-6/h7H,2-3H2,1H3. The van der Waals surface area contributed by atoms with Crippen LogP contribution in [-0.4, -0.2) is 12.7 Å². The Morgan fingerprint density at radius 3 is 2.86 bits per heavy atom. The summed E-state index contributed by atoms with van der Waals surface area (Å²) in [5, 5.41) is 4.88. The van der Waals surface area contributed by atoms with E-state index in [2.05, 4.69) is 34.4 Å². The van der Waals surface area contributed by atoms with Gasteiger partial charge in [-0.15, -0.1) is 22.4 Å². The summed E-state index contributed by atoms with van der Waals surface area (Å²) in [5.74, 6) is 0. The van der Waals surface area contributed by atoms with Crippen LogP contribution in [0.2, 0.25) is 6.32 Å². The molecule has 0 saturated heterocycles. The molecule has 0 aliphatic carbocycles. The summed E-state index contributed by atoms with van der Waals surface area (Å²) in [7, 11) is 2.05. The monoisotopic (exact) mass is 207 g/mol. The van der Waals surface area contributed by atoms with Gasteiger partial charge in [0.25, 0.3) is 5.27 Å². The minimum atomic E-state index is 1.15. The van der Waals surface area contributed by atoms with E-state index in [-0.39, 0.29) is 0 Å². The summed E-state index contributed by atoms with van der Waals surface area (Å²) < 4.78 is 0. The number of hydrogen-bond donors (Lipinski definition) is 1. The number of nitrogens with one attached hydrogen (secondary N) is 1. The van der Waals surface area contributed by atoms with Crippen LogP contribution in [0.4, 0.5) is 0 Å². The van der Waals surface area contributed by atoms with Crippen molar-refractivity contribution >= 4 is 35.1 Å². The van der Waals surface area contributed by atoms with Crippen molar-refractivity contribution in [1.82, 2.24) is 5.14 Å². The van der Waals surface area contributed by atoms with Gasteiger partial charge in [-0.3, -0.25) is 0 Å². The van der Waals surface area contributed by atoms with E-state index >= 15 is 0 Å². The van der Waals surface area contributed by atoms with Crippen LogP contribution in [-0.2, 0) is 0 Å². The van der Waals surface area contributed by atoms with Crippen molar-refractivity contribution in [3.05, 3.63) is 0 Å². The molecule has 0 aromatic carbocycles. The molecule has 0 heterocycles. The van der Waals surface area contributed by atoms with Gasteiger partial charge in [0.1, 0.15) is 0 Å². The van der Waals surface area contributed by atoms with Crippen molar-refractivity contribution in [3.63, 3.8) is 0 Å². The van der Waals surface area contributed by atoms with Crippen LogP contribution in [0.5, 0.6) is 0 Å². The zero-order valence-electron chi connectivity index (χ0n) is 4.45. The molecule has 0 aromatic heterocycles. The largest absolute Gasteiger partial charge is 0.397 e. The van der Waals surface area contributed by atoms with Gasteiger partial charge in [-0.1, -0.05) is 19.7 Å². The summed E-state index contributed by atoms with van der Waals surface area (Å²) in [5.41, 5.74) is 0. The minimum Gasteiger partial charge on any atom is -0.397 e. The summed E-state index contributed by atoms with van der Waals surface area (Å²) in [6, 6.07) is 0. The lowest BCUT2D eigenvalue weighted by molar-refractivity contribution is 1.07. The van der Waals surface area contributed by atoms with Gasteiger partial charge < -0.3 is 5.14 Å². The second kappa shape index (κ2) is 6.82. The molecule has 0 atom stereocenters. The topological polar surface area (TPSA) is 12.0 Å². The van der Waals surface area contributed by atoms with Crippen LogP contribution >= 0.6 is 22.4 Å². The SMILES string of the molecule is CCC[B]N[B]I. The fraction of sp³-hybridized carbons (Fsp3) is 1.00. The molecule has 0 fully saturated rings. The van der Waals surface area contributed by atoms with Gasteiger partial charge in [0.2, 0.25) is 0 Å². The van der Waals surface area contributed by atoms with Gasteiger partial charge in [-0.25, -0.2) is 0 Å². The van der Waals surface area contributed by atoms with Gasteiger partial charge >= 0.3 is 0 Å². The molecular weight excluding hydrogens is 199 g/mol. The summed E-state index contributed by atoms with van der Waals surface area (Å²) in [4.78, 5) is 0. The molecule has 1 nitrogen and oxygen atoms in total. The Kier molecular flexibility index (Phi) is 7.62. The summed E-state index contributed by atoms with van der Waals surface area (Å²) in [6.07, 6.45) is 2.37. The maximum atomic E-state index is 2.99. The van der Waals surface area contributed by atoms with Crippen molar-refractivity contribution in [2.75, 3.05) is 0 Å². The molecule has 0 spiro atoms. The quantitative estimate of drug-likeness (QED) is 0.411. The second-order valence-electron chi connectivity index (χ2n) is 1.27. The van der Waals surface area contributed by atoms with Gasteiger partial charge in [0.05, 0.1) is 0 Å². The van der Waals surface area contributed by atoms with Crippen LogP contribution in [0.15, 0.2) is 0 Å². The van der Waals surface area contributed by atoms with E-state index in [9.17, 15) is 0 Å². The van der Waals surface area contributed by atoms with Crippen molar-refractivity contribution in [3.8, 4) is 0 Å². The molecule has 38 valence electrons. The van der Waals surface area contributed by atoms with Crippen molar-refractivity contribution in [2.45, 2.75) is 19.7 Å². The first-order valence-corrected chi connectivity index (χ1v) is 3.66. The molecule has 0 bridgehead atoms. The lowest BCUT2D eigenvalue weighted by atomic mass is 9.85. The molecule has 0 rings (SSSR count). The van der Waals surface area contributed by atoms with Crippen molar-refractivity contribution < 1.29 is 0 Å². The lowest BCUT2D eigenvalue weighted by Gasteiger charge is -1.90. The van der Waals surface area contributed by atoms with Gasteiger partial charge in [-0.2, -0.15) is 0 Å². The predicted octanol–water partition coefficient (Wildman–Crippen LogP) is 0.993. The molecule has 0 saturated carbocycles. The lowest BCUT2D eigenvalue weighted by Crippen LogP contribution is -2.18. The van der Waals surface area contributed by atoms with E-state index in [0.29, 0.717) is 0 Å². The molecule has 1 N–H and O–H groups in total. The Hall–Kier alpha value is 0.820. The molecule has 0 unspecified atom stereocenters. The first-order chi connectivity index (χ1) is 3.41. The Labute approximate surface area is 60.0 Å². The number of halogens is 1. The maximum Gasteiger partial charge on any atom is 0.280 e. The first-order valence-electron chi connectivity index (χ1n) is 2.41. The molecule has 4 heteroatoms. The van der Waals surface area contributed by atoms with E-state index in [1.54, 1.807) is 0 Å². The average Bonchev–Trinajstić information content (AvgIpc) is 1.69. The van der Waals surface area contributed by atoms with Crippen LogP contribution in [0, 0.1) is 0 Å². The number of rotatable bonds is 4. The number of hydrogen-bond acceptors (Lipinski definition) is 1. The van der Waals surface area contributed by atoms with Crippen LogP contribution in [0.1, 0.15) is 13.3 Å². The highest BCUT2D eigenvalue weighted by atomic mass is 127. The van der Waals surface area contributed by atoms with Crippen molar-refractivity contribution in [1.29, 1.82) is 0 Å². The van der Waals surface area contributed by atoms with E-state index in [1.165, 1.54) is 6.42 Å². The molecule has 7 heavy (non-hydrogen) atoms. The van der Waals surface area contributed by atoms with Gasteiger partial charge in [-0.05, 0) is 0 Å². The molecule has 0 amide bonds. The molecule has 0 aliphatic heterocycles. The fourth-order valence-corrected chi connectivity index (χ4v) is 0.526. The Morgan fingerprint density at radius 2 is 2.43 bits per heavy atom. The normalized spacial score (nSPS) is 8.29. The summed E-state index contributed by atoms with van der Waals surface area (Å²) >= 11 is 2.16. The van der Waals surface area contributed by atoms with E-state index in [4.69, 9.17) is 0 Å². The molecular formula is C3H8B2IN. The second-order valence-corrected chi connectivity index (χ2v) is 1.89. The predicted molar refractivity (Wildman–Crippen MR) is 43.8 cm³/mol. The van der Waals surface area contributed by atoms with Crippen LogP contribution < -0.4 is 5.14 Å². The maximum absolute atomic E-state index is 2.99. The van der Waals surface area contributed by atoms with E-state index in [1.807, 2.05) is 12.7 Å². The fourth-order valence-electron chi connectivity index (χ4n) is 0.272. The van der Waals surface area contributed by atoms with E-state index in [0.717, 1.165) is 6.32 Å². The highest BCUT2D eigenvalue weighted by Crippen LogP contribution is 1.81. The Bertz CT molecular complexity index is 32.1. The molecule has 0 aromatic rings. The van der Waals surface area contributed by atoms with Crippen LogP contribution in [0.25, 0.3) is 0 Å². The zero-order chi connectivity index (χ0) is 5.54. The third kappa shape index (κ3) is 6.82.